The van der Waals surface area contributed by atoms with E-state index in [0.29, 0.717) is 5.75 Å². The molecule has 1 aromatic rings. The van der Waals surface area contributed by atoms with Gasteiger partial charge in [-0.05, 0) is 57.9 Å². The van der Waals surface area contributed by atoms with Gasteiger partial charge in [-0.3, -0.25) is 4.90 Å². The van der Waals surface area contributed by atoms with Gasteiger partial charge in [-0.1, -0.05) is 0 Å². The number of nitrogens with zero attached hydrogens (tertiary/aromatic N) is 1. The average Bonchev–Trinajstić information content (AvgIpc) is 2.38. The van der Waals surface area contributed by atoms with Gasteiger partial charge in [-0.25, -0.2) is 0 Å². The first-order valence-corrected chi connectivity index (χ1v) is 7.25. The van der Waals surface area contributed by atoms with Gasteiger partial charge in [0.25, 0.3) is 0 Å². The van der Waals surface area contributed by atoms with E-state index >= 15 is 0 Å². The molecule has 0 atom stereocenters. The molecule has 0 unspecified atom stereocenters. The Kier molecular flexibility index (Phi) is 4.51. The molecule has 118 valence electrons. The highest BCUT2D eigenvalue weighted by Crippen LogP contribution is 2.31. The molecule has 0 spiro atoms. The second kappa shape index (κ2) is 5.87. The van der Waals surface area contributed by atoms with E-state index in [1.165, 1.54) is 12.1 Å². The Labute approximate surface area is 123 Å². The van der Waals surface area contributed by atoms with Crippen LogP contribution in [0.3, 0.4) is 0 Å². The lowest BCUT2D eigenvalue weighted by Gasteiger charge is -2.40. The van der Waals surface area contributed by atoms with Crippen molar-refractivity contribution in [3.05, 3.63) is 29.8 Å². The number of piperidine rings is 1. The lowest BCUT2D eigenvalue weighted by atomic mass is 9.99. The van der Waals surface area contributed by atoms with Crippen LogP contribution in [0.2, 0.25) is 0 Å². The summed E-state index contributed by atoms with van der Waals surface area (Å²) < 4.78 is 43.2. The number of benzene rings is 1. The van der Waals surface area contributed by atoms with E-state index in [4.69, 9.17) is 4.74 Å². The number of hydrogen-bond donors (Lipinski definition) is 0. The van der Waals surface area contributed by atoms with Gasteiger partial charge in [0.15, 0.2) is 0 Å². The van der Waals surface area contributed by atoms with Crippen molar-refractivity contribution in [1.29, 1.82) is 0 Å². The molecule has 1 aliphatic rings. The van der Waals surface area contributed by atoms with Gasteiger partial charge < -0.3 is 4.74 Å². The Morgan fingerprint density at radius 3 is 1.95 bits per heavy atom. The van der Waals surface area contributed by atoms with Crippen LogP contribution >= 0.6 is 0 Å². The summed E-state index contributed by atoms with van der Waals surface area (Å²) in [6.45, 7) is 8.46. The number of ether oxygens (including phenoxy) is 1. The van der Waals surface area contributed by atoms with Crippen LogP contribution in [0.1, 0.15) is 39.2 Å². The zero-order valence-electron chi connectivity index (χ0n) is 12.7. The maximum atomic E-state index is 12.5. The fraction of sp³-hybridized carbons (Fsp3) is 0.625. The van der Waals surface area contributed by atoms with E-state index in [1.807, 2.05) is 0 Å². The largest absolute Gasteiger partial charge is 0.490 e. The highest BCUT2D eigenvalue weighted by molar-refractivity contribution is 5.29. The van der Waals surface area contributed by atoms with Gasteiger partial charge in [-0.2, -0.15) is 13.2 Å². The third-order valence-corrected chi connectivity index (χ3v) is 3.88. The van der Waals surface area contributed by atoms with Crippen molar-refractivity contribution in [3.63, 3.8) is 0 Å². The lowest BCUT2D eigenvalue weighted by Crippen LogP contribution is -2.48. The third kappa shape index (κ3) is 4.37. The Hall–Kier alpha value is -1.23. The van der Waals surface area contributed by atoms with Gasteiger partial charge in [0.05, 0.1) is 5.56 Å². The summed E-state index contributed by atoms with van der Waals surface area (Å²) in [5, 5.41) is 0. The molecule has 21 heavy (non-hydrogen) atoms. The van der Waals surface area contributed by atoms with Gasteiger partial charge in [0.1, 0.15) is 11.9 Å². The molecule has 0 aromatic heterocycles. The molecule has 0 N–H and O–H groups in total. The van der Waals surface area contributed by atoms with E-state index in [0.717, 1.165) is 38.1 Å². The summed E-state index contributed by atoms with van der Waals surface area (Å²) in [6, 6.07) is 4.94. The minimum atomic E-state index is -4.30. The highest BCUT2D eigenvalue weighted by atomic mass is 19.4. The third-order valence-electron chi connectivity index (χ3n) is 3.88. The second-order valence-electron chi connectivity index (χ2n) is 6.50. The summed E-state index contributed by atoms with van der Waals surface area (Å²) in [5.41, 5.74) is -0.489. The maximum Gasteiger partial charge on any atom is 0.416 e. The molecule has 2 nitrogen and oxygen atoms in total. The lowest BCUT2D eigenvalue weighted by molar-refractivity contribution is -0.137. The van der Waals surface area contributed by atoms with Crippen molar-refractivity contribution >= 4 is 0 Å². The Morgan fingerprint density at radius 1 is 1.00 bits per heavy atom. The molecule has 0 bridgehead atoms. The van der Waals surface area contributed by atoms with Crippen molar-refractivity contribution in [2.75, 3.05) is 13.1 Å². The molecule has 1 aromatic carbocycles. The van der Waals surface area contributed by atoms with Crippen LogP contribution in [-0.2, 0) is 6.18 Å². The van der Waals surface area contributed by atoms with Crippen LogP contribution in [-0.4, -0.2) is 29.6 Å². The van der Waals surface area contributed by atoms with E-state index in [2.05, 4.69) is 25.7 Å². The van der Waals surface area contributed by atoms with Gasteiger partial charge in [0.2, 0.25) is 0 Å². The van der Waals surface area contributed by atoms with E-state index in [9.17, 15) is 13.2 Å². The van der Waals surface area contributed by atoms with Crippen molar-refractivity contribution < 1.29 is 17.9 Å². The SMILES string of the molecule is CC(C)(C)N1CCC(Oc2ccc(C(F)(F)F)cc2)CC1. The van der Waals surface area contributed by atoms with Crippen LogP contribution in [0.25, 0.3) is 0 Å². The number of rotatable bonds is 2. The van der Waals surface area contributed by atoms with Crippen LogP contribution in [0, 0.1) is 0 Å². The fourth-order valence-corrected chi connectivity index (χ4v) is 2.56. The Balaban J connectivity index is 1.89. The molecule has 5 heteroatoms. The van der Waals surface area contributed by atoms with Crippen LogP contribution in [0.15, 0.2) is 24.3 Å². The summed E-state index contributed by atoms with van der Waals surface area (Å²) >= 11 is 0. The number of likely N-dealkylation sites (tertiary alicyclic amines) is 1. The molecule has 2 rings (SSSR count). The standard InChI is InChI=1S/C16H22F3NO/c1-15(2,3)20-10-8-14(9-11-20)21-13-6-4-12(5-7-13)16(17,18)19/h4-7,14H,8-11H2,1-3H3. The first-order valence-electron chi connectivity index (χ1n) is 7.25. The topological polar surface area (TPSA) is 12.5 Å². The Morgan fingerprint density at radius 2 is 1.52 bits per heavy atom. The molecule has 0 radical (unpaired) electrons. The monoisotopic (exact) mass is 301 g/mol. The van der Waals surface area contributed by atoms with Crippen LogP contribution in [0.5, 0.6) is 5.75 Å². The van der Waals surface area contributed by atoms with Gasteiger partial charge in [0, 0.05) is 18.6 Å². The maximum absolute atomic E-state index is 12.5. The van der Waals surface area contributed by atoms with E-state index in [-0.39, 0.29) is 11.6 Å². The molecule has 1 heterocycles. The van der Waals surface area contributed by atoms with Crippen molar-refractivity contribution in [2.45, 2.75) is 51.4 Å². The summed E-state index contributed by atoms with van der Waals surface area (Å²) in [5.74, 6) is 0.511. The minimum absolute atomic E-state index is 0.0836. The smallest absolute Gasteiger partial charge is 0.416 e. The number of hydrogen-bond acceptors (Lipinski definition) is 2. The molecule has 0 amide bonds. The first-order chi connectivity index (χ1) is 9.66. The molecule has 1 aliphatic heterocycles. The van der Waals surface area contributed by atoms with Crippen LogP contribution in [0.4, 0.5) is 13.2 Å². The second-order valence-corrected chi connectivity index (χ2v) is 6.50. The molecule has 0 saturated carbocycles. The normalized spacial score (nSPS) is 18.8. The van der Waals surface area contributed by atoms with E-state index < -0.39 is 11.7 Å². The zero-order chi connectivity index (χ0) is 15.7. The van der Waals surface area contributed by atoms with Gasteiger partial charge in [-0.15, -0.1) is 0 Å². The van der Waals surface area contributed by atoms with Crippen LogP contribution < -0.4 is 4.74 Å². The highest BCUT2D eigenvalue weighted by Gasteiger charge is 2.30. The average molecular weight is 301 g/mol. The Bertz CT molecular complexity index is 454. The predicted molar refractivity (Wildman–Crippen MR) is 76.4 cm³/mol. The van der Waals surface area contributed by atoms with Crippen molar-refractivity contribution in [2.24, 2.45) is 0 Å². The zero-order valence-corrected chi connectivity index (χ0v) is 12.7. The van der Waals surface area contributed by atoms with Crippen molar-refractivity contribution in [3.8, 4) is 5.75 Å². The molecule has 1 fully saturated rings. The molecular weight excluding hydrogens is 279 g/mol. The summed E-state index contributed by atoms with van der Waals surface area (Å²) in [4.78, 5) is 2.40. The van der Waals surface area contributed by atoms with E-state index in [1.54, 1.807) is 0 Å². The quantitative estimate of drug-likeness (QED) is 0.805. The number of alkyl halides is 3. The van der Waals surface area contributed by atoms with Crippen molar-refractivity contribution in [1.82, 2.24) is 4.90 Å². The minimum Gasteiger partial charge on any atom is -0.490 e. The molecular formula is C16H22F3NO. The van der Waals surface area contributed by atoms with Gasteiger partial charge >= 0.3 is 6.18 Å². The molecule has 1 saturated heterocycles. The first kappa shape index (κ1) is 16.1. The number of halogens is 3. The summed E-state index contributed by atoms with van der Waals surface area (Å²) in [6.07, 6.45) is -2.41. The molecule has 0 aliphatic carbocycles. The fourth-order valence-electron chi connectivity index (χ4n) is 2.56. The summed E-state index contributed by atoms with van der Waals surface area (Å²) in [7, 11) is 0. The predicted octanol–water partition coefficient (Wildman–Crippen LogP) is 4.35.